The molecule has 0 spiro atoms. The lowest BCUT2D eigenvalue weighted by atomic mass is 9.78. The van der Waals surface area contributed by atoms with E-state index in [1.165, 1.54) is 12.8 Å². The van der Waals surface area contributed by atoms with Crippen LogP contribution in [0.2, 0.25) is 0 Å². The summed E-state index contributed by atoms with van der Waals surface area (Å²) in [7, 11) is 0. The topological polar surface area (TPSA) is 64.7 Å². The number of hydrazine groups is 1. The van der Waals surface area contributed by atoms with Crippen molar-refractivity contribution in [1.29, 1.82) is 0 Å². The van der Waals surface area contributed by atoms with Crippen molar-refractivity contribution >= 4 is 11.8 Å². The van der Waals surface area contributed by atoms with E-state index in [0.717, 1.165) is 51.6 Å². The van der Waals surface area contributed by atoms with Crippen LogP contribution < -0.4 is 10.7 Å². The SMILES string of the molecule is CCN1C(=O)C2CCNN2C2CCC(C(=O)NC3CCCC3)CC21. The highest BCUT2D eigenvalue weighted by atomic mass is 16.2. The third-order valence-corrected chi connectivity index (χ3v) is 6.57. The van der Waals surface area contributed by atoms with Crippen molar-refractivity contribution in [3.05, 3.63) is 0 Å². The highest BCUT2D eigenvalue weighted by Crippen LogP contribution is 2.37. The number of likely N-dealkylation sites (N-methyl/N-ethyl adjacent to an activating group) is 1. The summed E-state index contributed by atoms with van der Waals surface area (Å²) >= 11 is 0. The Bertz CT molecular complexity index is 505. The smallest absolute Gasteiger partial charge is 0.241 e. The molecule has 2 aliphatic carbocycles. The van der Waals surface area contributed by atoms with E-state index >= 15 is 0 Å². The van der Waals surface area contributed by atoms with Crippen molar-refractivity contribution in [3.8, 4) is 0 Å². The van der Waals surface area contributed by atoms with Crippen LogP contribution in [0.3, 0.4) is 0 Å². The maximum atomic E-state index is 12.8. The molecule has 4 fully saturated rings. The van der Waals surface area contributed by atoms with Crippen molar-refractivity contribution < 1.29 is 9.59 Å². The van der Waals surface area contributed by atoms with Gasteiger partial charge in [0.1, 0.15) is 6.04 Å². The quantitative estimate of drug-likeness (QED) is 0.809. The fraction of sp³-hybridized carbons (Fsp3) is 0.889. The number of amides is 2. The normalized spacial score (nSPS) is 37.4. The largest absolute Gasteiger partial charge is 0.353 e. The van der Waals surface area contributed by atoms with E-state index in [4.69, 9.17) is 0 Å². The van der Waals surface area contributed by atoms with Crippen molar-refractivity contribution in [1.82, 2.24) is 20.7 Å². The Kier molecular flexibility index (Phi) is 4.52. The Balaban J connectivity index is 1.45. The average molecular weight is 334 g/mol. The minimum Gasteiger partial charge on any atom is -0.353 e. The number of fused-ring (bicyclic) bond motifs is 3. The molecule has 4 unspecified atom stereocenters. The zero-order valence-electron chi connectivity index (χ0n) is 14.7. The Morgan fingerprint density at radius 2 is 1.96 bits per heavy atom. The molecule has 134 valence electrons. The summed E-state index contributed by atoms with van der Waals surface area (Å²) < 4.78 is 0. The summed E-state index contributed by atoms with van der Waals surface area (Å²) in [6.45, 7) is 3.71. The van der Waals surface area contributed by atoms with Gasteiger partial charge in [0.15, 0.2) is 0 Å². The number of piperazine rings is 1. The molecule has 2 heterocycles. The zero-order valence-corrected chi connectivity index (χ0v) is 14.7. The summed E-state index contributed by atoms with van der Waals surface area (Å²) in [6, 6.07) is 0.938. The number of hydrogen-bond donors (Lipinski definition) is 2. The van der Waals surface area contributed by atoms with Crippen LogP contribution in [0.4, 0.5) is 0 Å². The fourth-order valence-corrected chi connectivity index (χ4v) is 5.33. The zero-order chi connectivity index (χ0) is 16.7. The van der Waals surface area contributed by atoms with Crippen LogP contribution in [-0.2, 0) is 9.59 Å². The van der Waals surface area contributed by atoms with Gasteiger partial charge in [-0.15, -0.1) is 0 Å². The molecule has 0 bridgehead atoms. The third-order valence-electron chi connectivity index (χ3n) is 6.57. The predicted molar refractivity (Wildman–Crippen MR) is 90.9 cm³/mol. The molecule has 2 N–H and O–H groups in total. The van der Waals surface area contributed by atoms with Gasteiger partial charge in [0.25, 0.3) is 0 Å². The van der Waals surface area contributed by atoms with Crippen molar-refractivity contribution in [2.45, 2.75) is 82.5 Å². The minimum atomic E-state index is 0.00932. The molecule has 24 heavy (non-hydrogen) atoms. The van der Waals surface area contributed by atoms with E-state index in [9.17, 15) is 9.59 Å². The number of carbonyl (C=O) groups is 2. The Labute approximate surface area is 144 Å². The van der Waals surface area contributed by atoms with Crippen LogP contribution in [0.15, 0.2) is 0 Å². The monoisotopic (exact) mass is 334 g/mol. The first kappa shape index (κ1) is 16.3. The molecule has 4 atom stereocenters. The van der Waals surface area contributed by atoms with Gasteiger partial charge in [-0.05, 0) is 45.4 Å². The van der Waals surface area contributed by atoms with Gasteiger partial charge < -0.3 is 10.2 Å². The molecule has 2 aliphatic heterocycles. The van der Waals surface area contributed by atoms with Crippen LogP contribution in [0, 0.1) is 5.92 Å². The molecule has 2 amide bonds. The predicted octanol–water partition coefficient (Wildman–Crippen LogP) is 1.02. The number of hydrogen-bond acceptors (Lipinski definition) is 4. The molecule has 6 heteroatoms. The highest BCUT2D eigenvalue weighted by Gasteiger charge is 2.51. The van der Waals surface area contributed by atoms with Crippen molar-refractivity contribution in [2.24, 2.45) is 5.92 Å². The second-order valence-electron chi connectivity index (χ2n) is 7.88. The molecule has 4 rings (SSSR count). The van der Waals surface area contributed by atoms with Gasteiger partial charge in [0, 0.05) is 37.1 Å². The average Bonchev–Trinajstić information content (AvgIpc) is 3.26. The van der Waals surface area contributed by atoms with Crippen LogP contribution in [-0.4, -0.2) is 59.0 Å². The van der Waals surface area contributed by atoms with Crippen LogP contribution in [0.5, 0.6) is 0 Å². The van der Waals surface area contributed by atoms with E-state index in [1.807, 2.05) is 4.90 Å². The number of rotatable bonds is 3. The van der Waals surface area contributed by atoms with Gasteiger partial charge in [-0.3, -0.25) is 15.0 Å². The third kappa shape index (κ3) is 2.73. The maximum absolute atomic E-state index is 12.8. The van der Waals surface area contributed by atoms with E-state index in [2.05, 4.69) is 22.7 Å². The lowest BCUT2D eigenvalue weighted by Gasteiger charge is -2.51. The highest BCUT2D eigenvalue weighted by molar-refractivity contribution is 5.84. The van der Waals surface area contributed by atoms with Gasteiger partial charge in [-0.2, -0.15) is 0 Å². The van der Waals surface area contributed by atoms with Crippen molar-refractivity contribution in [3.63, 3.8) is 0 Å². The molecule has 0 aromatic heterocycles. The Hall–Kier alpha value is -1.14. The molecular weight excluding hydrogens is 304 g/mol. The fourth-order valence-electron chi connectivity index (χ4n) is 5.33. The van der Waals surface area contributed by atoms with Gasteiger partial charge in [0.05, 0.1) is 0 Å². The molecule has 4 aliphatic rings. The summed E-state index contributed by atoms with van der Waals surface area (Å²) in [5.74, 6) is 0.536. The van der Waals surface area contributed by atoms with Gasteiger partial charge >= 0.3 is 0 Å². The maximum Gasteiger partial charge on any atom is 0.241 e. The molecular formula is C18H30N4O2. The first-order valence-corrected chi connectivity index (χ1v) is 9.81. The van der Waals surface area contributed by atoms with Gasteiger partial charge in [-0.1, -0.05) is 12.8 Å². The summed E-state index contributed by atoms with van der Waals surface area (Å²) in [5.41, 5.74) is 3.42. The van der Waals surface area contributed by atoms with E-state index in [0.29, 0.717) is 12.1 Å². The van der Waals surface area contributed by atoms with E-state index in [-0.39, 0.29) is 29.8 Å². The minimum absolute atomic E-state index is 0.00932. The first-order valence-electron chi connectivity index (χ1n) is 9.81. The van der Waals surface area contributed by atoms with Gasteiger partial charge in [0.2, 0.25) is 11.8 Å². The van der Waals surface area contributed by atoms with Crippen LogP contribution in [0.1, 0.15) is 58.3 Å². The lowest BCUT2D eigenvalue weighted by Crippen LogP contribution is -2.68. The summed E-state index contributed by atoms with van der Waals surface area (Å²) in [5, 5.41) is 5.48. The Morgan fingerprint density at radius 1 is 1.17 bits per heavy atom. The van der Waals surface area contributed by atoms with E-state index in [1.54, 1.807) is 0 Å². The first-order chi connectivity index (χ1) is 11.7. The molecule has 0 radical (unpaired) electrons. The molecule has 0 aromatic rings. The summed E-state index contributed by atoms with van der Waals surface area (Å²) in [4.78, 5) is 27.5. The number of carbonyl (C=O) groups excluding carboxylic acids is 2. The van der Waals surface area contributed by atoms with Gasteiger partial charge in [-0.25, -0.2) is 5.01 Å². The molecule has 0 aromatic carbocycles. The molecule has 6 nitrogen and oxygen atoms in total. The number of nitrogens with one attached hydrogen (secondary N) is 2. The second-order valence-corrected chi connectivity index (χ2v) is 7.88. The molecule has 2 saturated carbocycles. The second kappa shape index (κ2) is 6.64. The summed E-state index contributed by atoms with van der Waals surface area (Å²) in [6.07, 6.45) is 8.39. The number of nitrogens with zero attached hydrogens (tertiary/aromatic N) is 2. The lowest BCUT2D eigenvalue weighted by molar-refractivity contribution is -0.155. The van der Waals surface area contributed by atoms with Crippen LogP contribution >= 0.6 is 0 Å². The van der Waals surface area contributed by atoms with Crippen molar-refractivity contribution in [2.75, 3.05) is 13.1 Å². The van der Waals surface area contributed by atoms with E-state index < -0.39 is 0 Å². The standard InChI is InChI=1S/C18H30N4O2/c1-2-21-16-11-12(17(23)20-13-5-3-4-6-13)7-8-14(16)22-15(18(21)24)9-10-19-22/h12-16,19H,2-11H2,1H3,(H,20,23). The molecule has 2 saturated heterocycles. The Morgan fingerprint density at radius 3 is 2.71 bits per heavy atom. The van der Waals surface area contributed by atoms with Crippen LogP contribution in [0.25, 0.3) is 0 Å².